The van der Waals surface area contributed by atoms with Gasteiger partial charge in [-0.2, -0.15) is 4.31 Å². The summed E-state index contributed by atoms with van der Waals surface area (Å²) >= 11 is 0. The Morgan fingerprint density at radius 2 is 1.88 bits per heavy atom. The molecule has 8 nitrogen and oxygen atoms in total. The van der Waals surface area contributed by atoms with Gasteiger partial charge in [0.2, 0.25) is 5.09 Å². The number of hydrogen-bond acceptors (Lipinski definition) is 6. The summed E-state index contributed by atoms with van der Waals surface area (Å²) in [6.07, 6.45) is 0. The third-order valence-corrected chi connectivity index (χ3v) is 5.66. The second-order valence-corrected chi connectivity index (χ2v) is 7.68. The average Bonchev–Trinajstić information content (AvgIpc) is 3.24. The maximum absolute atomic E-state index is 12.5. The van der Waals surface area contributed by atoms with Gasteiger partial charge in [0, 0.05) is 20.1 Å². The van der Waals surface area contributed by atoms with Crippen molar-refractivity contribution in [3.05, 3.63) is 41.5 Å². The van der Waals surface area contributed by atoms with E-state index < -0.39 is 15.9 Å². The van der Waals surface area contributed by atoms with Crippen LogP contribution in [0.2, 0.25) is 0 Å². The molecule has 0 aliphatic carbocycles. The van der Waals surface area contributed by atoms with Crippen LogP contribution in [0, 0.1) is 6.92 Å². The molecular weight excluding hydrogens is 348 g/mol. The third-order valence-electron chi connectivity index (χ3n) is 3.89. The first-order valence-corrected chi connectivity index (χ1v) is 9.30. The third kappa shape index (κ3) is 3.78. The minimum absolute atomic E-state index is 0.0300. The van der Waals surface area contributed by atoms with Crippen molar-refractivity contribution in [2.24, 2.45) is 0 Å². The van der Waals surface area contributed by atoms with Gasteiger partial charge in [0.05, 0.1) is 19.8 Å². The van der Waals surface area contributed by atoms with Gasteiger partial charge in [0.1, 0.15) is 11.5 Å². The van der Waals surface area contributed by atoms with Gasteiger partial charge in [-0.1, -0.05) is 0 Å². The van der Waals surface area contributed by atoms with Crippen LogP contribution in [0.3, 0.4) is 0 Å². The molecule has 9 heteroatoms. The van der Waals surface area contributed by atoms with Crippen molar-refractivity contribution in [1.29, 1.82) is 0 Å². The molecular formula is C16H20N2O6S. The molecule has 2 aromatic rings. The summed E-state index contributed by atoms with van der Waals surface area (Å²) in [6.45, 7) is 3.31. The van der Waals surface area contributed by atoms with Gasteiger partial charge in [-0.3, -0.25) is 4.79 Å². The highest BCUT2D eigenvalue weighted by molar-refractivity contribution is 7.89. The van der Waals surface area contributed by atoms with E-state index in [9.17, 15) is 13.2 Å². The van der Waals surface area contributed by atoms with E-state index in [-0.39, 0.29) is 30.5 Å². The van der Waals surface area contributed by atoms with Crippen molar-refractivity contribution in [2.45, 2.75) is 18.6 Å². The summed E-state index contributed by atoms with van der Waals surface area (Å²) in [4.78, 5) is 13.8. The SMILES string of the molecule is Cc1ccc(CN(C)C(=O)c2ccc(S(=O)(=O)N3CCOCC3)o2)o1. The number of carbonyl (C=O) groups excluding carboxylic acids is 1. The molecule has 1 fully saturated rings. The number of ether oxygens (including phenoxy) is 1. The Balaban J connectivity index is 1.72. The lowest BCUT2D eigenvalue weighted by atomic mass is 10.3. The lowest BCUT2D eigenvalue weighted by Crippen LogP contribution is -2.40. The van der Waals surface area contributed by atoms with E-state index >= 15 is 0 Å². The topological polar surface area (TPSA) is 93.2 Å². The highest BCUT2D eigenvalue weighted by Gasteiger charge is 2.30. The Kier molecular flexibility index (Phi) is 4.98. The first kappa shape index (κ1) is 17.7. The quantitative estimate of drug-likeness (QED) is 0.793. The molecule has 1 aliphatic rings. The maximum Gasteiger partial charge on any atom is 0.289 e. The van der Waals surface area contributed by atoms with Gasteiger partial charge in [-0.25, -0.2) is 8.42 Å². The van der Waals surface area contributed by atoms with Gasteiger partial charge in [-0.15, -0.1) is 0 Å². The smallest absolute Gasteiger partial charge is 0.289 e. The minimum Gasteiger partial charge on any atom is -0.464 e. The Hall–Kier alpha value is -2.10. The monoisotopic (exact) mass is 368 g/mol. The first-order chi connectivity index (χ1) is 11.9. The molecule has 2 aromatic heterocycles. The fourth-order valence-electron chi connectivity index (χ4n) is 2.55. The van der Waals surface area contributed by atoms with Crippen molar-refractivity contribution >= 4 is 15.9 Å². The second kappa shape index (κ2) is 7.03. The highest BCUT2D eigenvalue weighted by atomic mass is 32.2. The lowest BCUT2D eigenvalue weighted by Gasteiger charge is -2.24. The second-order valence-electron chi connectivity index (χ2n) is 5.81. The van der Waals surface area contributed by atoms with Gasteiger partial charge in [0.15, 0.2) is 5.76 Å². The largest absolute Gasteiger partial charge is 0.464 e. The molecule has 0 aromatic carbocycles. The molecule has 0 N–H and O–H groups in total. The normalized spacial score (nSPS) is 16.1. The summed E-state index contributed by atoms with van der Waals surface area (Å²) in [5.41, 5.74) is 0. The van der Waals surface area contributed by atoms with Gasteiger partial charge in [0.25, 0.3) is 15.9 Å². The van der Waals surface area contributed by atoms with E-state index in [1.165, 1.54) is 21.3 Å². The number of carbonyl (C=O) groups is 1. The number of rotatable bonds is 5. The van der Waals surface area contributed by atoms with Crippen LogP contribution < -0.4 is 0 Å². The zero-order chi connectivity index (χ0) is 18.0. The summed E-state index contributed by atoms with van der Waals surface area (Å²) in [6, 6.07) is 6.28. The molecule has 0 unspecified atom stereocenters. The van der Waals surface area contributed by atoms with Crippen LogP contribution in [-0.4, -0.2) is 56.9 Å². The molecule has 0 radical (unpaired) electrons. The van der Waals surface area contributed by atoms with Crippen LogP contribution in [0.1, 0.15) is 22.1 Å². The van der Waals surface area contributed by atoms with Gasteiger partial charge < -0.3 is 18.5 Å². The summed E-state index contributed by atoms with van der Waals surface area (Å²) in [7, 11) is -2.16. The molecule has 1 amide bonds. The number of aryl methyl sites for hydroxylation is 1. The van der Waals surface area contributed by atoms with Crippen molar-refractivity contribution in [3.63, 3.8) is 0 Å². The van der Waals surface area contributed by atoms with Crippen LogP contribution in [0.25, 0.3) is 0 Å². The van der Waals surface area contributed by atoms with Crippen LogP contribution in [-0.2, 0) is 21.3 Å². The van der Waals surface area contributed by atoms with Crippen molar-refractivity contribution in [1.82, 2.24) is 9.21 Å². The number of furan rings is 2. The Bertz CT molecular complexity index is 848. The summed E-state index contributed by atoms with van der Waals surface area (Å²) < 4.78 is 42.3. The number of sulfonamides is 1. The number of morpholine rings is 1. The van der Waals surface area contributed by atoms with E-state index in [4.69, 9.17) is 13.6 Å². The van der Waals surface area contributed by atoms with Gasteiger partial charge in [-0.05, 0) is 31.2 Å². The highest BCUT2D eigenvalue weighted by Crippen LogP contribution is 2.21. The van der Waals surface area contributed by atoms with Crippen molar-refractivity contribution in [3.8, 4) is 0 Å². The zero-order valence-corrected chi connectivity index (χ0v) is 14.9. The van der Waals surface area contributed by atoms with Gasteiger partial charge >= 0.3 is 0 Å². The van der Waals surface area contributed by atoms with Crippen molar-refractivity contribution < 1.29 is 26.8 Å². The molecule has 25 heavy (non-hydrogen) atoms. The Morgan fingerprint density at radius 1 is 1.16 bits per heavy atom. The van der Waals surface area contributed by atoms with E-state index in [1.807, 2.05) is 13.0 Å². The summed E-state index contributed by atoms with van der Waals surface area (Å²) in [5.74, 6) is 0.948. The van der Waals surface area contributed by atoms with E-state index in [0.29, 0.717) is 19.0 Å². The number of hydrogen-bond donors (Lipinski definition) is 0. The van der Waals surface area contributed by atoms with E-state index in [1.54, 1.807) is 13.1 Å². The van der Waals surface area contributed by atoms with Crippen LogP contribution >= 0.6 is 0 Å². The molecule has 0 atom stereocenters. The minimum atomic E-state index is -3.76. The lowest BCUT2D eigenvalue weighted by molar-refractivity contribution is 0.0711. The predicted molar refractivity (Wildman–Crippen MR) is 87.5 cm³/mol. The summed E-state index contributed by atoms with van der Waals surface area (Å²) in [5, 5.41) is -0.236. The number of amides is 1. The molecule has 0 spiro atoms. The fourth-order valence-corrected chi connectivity index (χ4v) is 3.87. The van der Waals surface area contributed by atoms with Crippen LogP contribution in [0.15, 0.2) is 38.2 Å². The van der Waals surface area contributed by atoms with Crippen LogP contribution in [0.4, 0.5) is 0 Å². The molecule has 0 saturated carbocycles. The van der Waals surface area contributed by atoms with Crippen molar-refractivity contribution in [2.75, 3.05) is 33.4 Å². The standard InChI is InChI=1S/C16H20N2O6S/c1-12-3-4-13(23-12)11-17(2)16(19)14-5-6-15(24-14)25(20,21)18-7-9-22-10-8-18/h3-6H,7-11H2,1-2H3. The number of nitrogens with zero attached hydrogens (tertiary/aromatic N) is 2. The molecule has 136 valence electrons. The molecule has 3 rings (SSSR count). The Labute approximate surface area is 146 Å². The fraction of sp³-hybridized carbons (Fsp3) is 0.438. The zero-order valence-electron chi connectivity index (χ0n) is 14.1. The molecule has 1 aliphatic heterocycles. The van der Waals surface area contributed by atoms with E-state index in [2.05, 4.69) is 0 Å². The molecule has 3 heterocycles. The Morgan fingerprint density at radius 3 is 2.52 bits per heavy atom. The van der Waals surface area contributed by atoms with Crippen LogP contribution in [0.5, 0.6) is 0 Å². The predicted octanol–water partition coefficient (Wildman–Crippen LogP) is 1.47. The molecule has 1 saturated heterocycles. The average molecular weight is 368 g/mol. The molecule has 0 bridgehead atoms. The van der Waals surface area contributed by atoms with E-state index in [0.717, 1.165) is 5.76 Å². The maximum atomic E-state index is 12.5. The first-order valence-electron chi connectivity index (χ1n) is 7.86.